The van der Waals surface area contributed by atoms with Gasteiger partial charge in [-0.05, 0) is 98.0 Å². The van der Waals surface area contributed by atoms with Crippen molar-refractivity contribution >= 4 is 17.7 Å². The van der Waals surface area contributed by atoms with Gasteiger partial charge in [0.15, 0.2) is 5.82 Å². The maximum atomic E-state index is 13.1. The first-order valence-electron chi connectivity index (χ1n) is 13.9. The summed E-state index contributed by atoms with van der Waals surface area (Å²) in [5.74, 6) is 0.559. The van der Waals surface area contributed by atoms with Crippen LogP contribution in [-0.4, -0.2) is 63.0 Å². The number of carbonyl (C=O) groups is 3. The lowest BCUT2D eigenvalue weighted by molar-refractivity contribution is -0.131. The smallest absolute Gasteiger partial charge is 0.248 e. The zero-order valence-corrected chi connectivity index (χ0v) is 22.8. The summed E-state index contributed by atoms with van der Waals surface area (Å²) in [5.41, 5.74) is 15.0. The molecule has 11 heteroatoms. The predicted molar refractivity (Wildman–Crippen MR) is 149 cm³/mol. The SMILES string of the molecule is Cc1nc(C2(CCNCC(=O)N3C(C#N)C[C@@H]4C[C@@H]43)c3ccc(C(N)=O)cc3CCc3cc(C(N)=O)ccc32)n[nH]1. The molecule has 210 valence electrons. The molecule has 1 saturated carbocycles. The molecule has 2 heterocycles. The van der Waals surface area contributed by atoms with Gasteiger partial charge in [0.2, 0.25) is 17.7 Å². The third kappa shape index (κ3) is 4.54. The molecule has 11 nitrogen and oxygen atoms in total. The summed E-state index contributed by atoms with van der Waals surface area (Å²) in [4.78, 5) is 43.8. The molecule has 0 bridgehead atoms. The highest BCUT2D eigenvalue weighted by Gasteiger charge is 2.54. The molecule has 2 fully saturated rings. The summed E-state index contributed by atoms with van der Waals surface area (Å²) in [6, 6.07) is 13.0. The number of benzene rings is 2. The number of H-pyrrole nitrogens is 1. The number of aryl methyl sites for hydroxylation is 3. The van der Waals surface area contributed by atoms with Crippen molar-refractivity contribution in [1.82, 2.24) is 25.4 Å². The topological polar surface area (TPSA) is 184 Å². The highest BCUT2D eigenvalue weighted by atomic mass is 16.2. The first-order valence-corrected chi connectivity index (χ1v) is 13.9. The van der Waals surface area contributed by atoms with E-state index in [0.29, 0.717) is 54.5 Å². The van der Waals surface area contributed by atoms with E-state index in [4.69, 9.17) is 16.5 Å². The van der Waals surface area contributed by atoms with Gasteiger partial charge in [-0.2, -0.15) is 10.4 Å². The number of hydrogen-bond acceptors (Lipinski definition) is 7. The van der Waals surface area contributed by atoms with E-state index >= 15 is 0 Å². The second kappa shape index (κ2) is 10.1. The molecule has 3 aliphatic rings. The number of piperidine rings is 1. The molecule has 3 amide bonds. The van der Waals surface area contributed by atoms with Gasteiger partial charge >= 0.3 is 0 Å². The van der Waals surface area contributed by atoms with Crippen molar-refractivity contribution in [3.8, 4) is 6.07 Å². The van der Waals surface area contributed by atoms with Crippen LogP contribution >= 0.6 is 0 Å². The number of carbonyl (C=O) groups excluding carboxylic acids is 3. The van der Waals surface area contributed by atoms with Gasteiger partial charge in [-0.15, -0.1) is 0 Å². The van der Waals surface area contributed by atoms with Crippen molar-refractivity contribution in [2.75, 3.05) is 13.1 Å². The van der Waals surface area contributed by atoms with Gasteiger partial charge in [0.1, 0.15) is 11.9 Å². The normalized spacial score (nSPS) is 21.7. The van der Waals surface area contributed by atoms with Crippen LogP contribution in [-0.2, 0) is 23.1 Å². The molecule has 2 aliphatic carbocycles. The Morgan fingerprint density at radius 3 is 2.24 bits per heavy atom. The number of rotatable bonds is 8. The van der Waals surface area contributed by atoms with Crippen LogP contribution in [0, 0.1) is 24.2 Å². The molecule has 0 spiro atoms. The van der Waals surface area contributed by atoms with Gasteiger partial charge in [-0.25, -0.2) is 4.98 Å². The predicted octanol–water partition coefficient (Wildman–Crippen LogP) is 1.24. The van der Waals surface area contributed by atoms with Crippen molar-refractivity contribution in [2.45, 2.75) is 56.5 Å². The van der Waals surface area contributed by atoms with E-state index in [0.717, 1.165) is 35.1 Å². The summed E-state index contributed by atoms with van der Waals surface area (Å²) >= 11 is 0. The standard InChI is InChI=1S/C30H32N8O3/c1-16-35-29(37-36-16)30(8-9-34-15-26(39)38-22(14-31)12-21-13-25(21)38)23-6-4-19(27(32)40)10-17(23)2-3-18-11-20(28(33)41)5-7-24(18)30/h4-7,10-11,21-22,25,34H,2-3,8-9,12-13,15H2,1H3,(H2,32,40)(H2,33,41)(H,35,36,37)/t21-,22?,25+/m1/s1. The summed E-state index contributed by atoms with van der Waals surface area (Å²) in [7, 11) is 0. The van der Waals surface area contributed by atoms with Crippen molar-refractivity contribution in [1.29, 1.82) is 5.26 Å². The molecule has 6 rings (SSSR count). The zero-order chi connectivity index (χ0) is 28.9. The van der Waals surface area contributed by atoms with Gasteiger partial charge < -0.3 is 21.7 Å². The number of aromatic nitrogens is 3. The van der Waals surface area contributed by atoms with Crippen molar-refractivity contribution in [2.24, 2.45) is 17.4 Å². The quantitative estimate of drug-likeness (QED) is 0.303. The largest absolute Gasteiger partial charge is 0.366 e. The van der Waals surface area contributed by atoms with Crippen molar-refractivity contribution in [3.05, 3.63) is 81.4 Å². The maximum Gasteiger partial charge on any atom is 0.248 e. The van der Waals surface area contributed by atoms with Crippen LogP contribution in [0.25, 0.3) is 0 Å². The lowest BCUT2D eigenvalue weighted by atomic mass is 9.69. The molecule has 1 aromatic heterocycles. The first-order chi connectivity index (χ1) is 19.7. The van der Waals surface area contributed by atoms with Crippen LogP contribution in [0.3, 0.4) is 0 Å². The fourth-order valence-corrected chi connectivity index (χ4v) is 6.80. The van der Waals surface area contributed by atoms with Crippen LogP contribution in [0.4, 0.5) is 0 Å². The number of fused-ring (bicyclic) bond motifs is 3. The summed E-state index contributed by atoms with van der Waals surface area (Å²) in [5, 5.41) is 20.4. The van der Waals surface area contributed by atoms with Gasteiger partial charge in [0, 0.05) is 17.2 Å². The van der Waals surface area contributed by atoms with E-state index in [2.05, 4.69) is 21.6 Å². The Labute approximate surface area is 237 Å². The molecule has 0 radical (unpaired) electrons. The number of nitriles is 1. The molecule has 41 heavy (non-hydrogen) atoms. The minimum atomic E-state index is -0.862. The van der Waals surface area contributed by atoms with Crippen LogP contribution in [0.15, 0.2) is 36.4 Å². The van der Waals surface area contributed by atoms with E-state index in [9.17, 15) is 19.6 Å². The number of likely N-dealkylation sites (tertiary alicyclic amines) is 1. The van der Waals surface area contributed by atoms with Gasteiger partial charge in [-0.1, -0.05) is 12.1 Å². The average Bonchev–Trinajstić information content (AvgIpc) is 3.45. The number of amides is 3. The van der Waals surface area contributed by atoms with E-state index in [-0.39, 0.29) is 24.5 Å². The van der Waals surface area contributed by atoms with Gasteiger partial charge in [-0.3, -0.25) is 19.5 Å². The first kappa shape index (κ1) is 26.7. The highest BCUT2D eigenvalue weighted by Crippen LogP contribution is 2.48. The lowest BCUT2D eigenvalue weighted by Crippen LogP contribution is -2.44. The molecule has 2 aromatic carbocycles. The molecule has 6 N–H and O–H groups in total. The van der Waals surface area contributed by atoms with E-state index < -0.39 is 17.2 Å². The minimum Gasteiger partial charge on any atom is -0.366 e. The molecule has 3 atom stereocenters. The Morgan fingerprint density at radius 1 is 1.07 bits per heavy atom. The number of nitrogens with two attached hydrogens (primary N) is 2. The van der Waals surface area contributed by atoms with Crippen molar-refractivity contribution < 1.29 is 14.4 Å². The number of primary amides is 2. The van der Waals surface area contributed by atoms with E-state index in [1.54, 1.807) is 17.0 Å². The summed E-state index contributed by atoms with van der Waals surface area (Å²) in [6.45, 7) is 2.39. The molecule has 1 unspecified atom stereocenters. The second-order valence-electron chi connectivity index (χ2n) is 11.3. The minimum absolute atomic E-state index is 0.0665. The van der Waals surface area contributed by atoms with Crippen LogP contribution in [0.2, 0.25) is 0 Å². The Balaban J connectivity index is 1.39. The van der Waals surface area contributed by atoms with Crippen LogP contribution in [0.5, 0.6) is 0 Å². The van der Waals surface area contributed by atoms with Gasteiger partial charge in [0.25, 0.3) is 0 Å². The van der Waals surface area contributed by atoms with E-state index in [1.165, 1.54) is 0 Å². The monoisotopic (exact) mass is 552 g/mol. The third-order valence-electron chi connectivity index (χ3n) is 8.84. The second-order valence-corrected chi connectivity index (χ2v) is 11.3. The van der Waals surface area contributed by atoms with Gasteiger partial charge in [0.05, 0.1) is 18.0 Å². The summed E-state index contributed by atoms with van der Waals surface area (Å²) < 4.78 is 0. The fraction of sp³-hybridized carbons (Fsp3) is 0.400. The molecule has 1 aliphatic heterocycles. The Morgan fingerprint density at radius 2 is 1.71 bits per heavy atom. The summed E-state index contributed by atoms with van der Waals surface area (Å²) in [6.07, 6.45) is 3.43. The van der Waals surface area contributed by atoms with E-state index in [1.807, 2.05) is 31.2 Å². The lowest BCUT2D eigenvalue weighted by Gasteiger charge is -2.34. The number of nitrogens with one attached hydrogen (secondary N) is 2. The average molecular weight is 553 g/mol. The maximum absolute atomic E-state index is 13.1. The Hall–Kier alpha value is -4.56. The van der Waals surface area contributed by atoms with Crippen LogP contribution in [0.1, 0.15) is 73.9 Å². The number of nitrogens with zero attached hydrogens (tertiary/aromatic N) is 4. The fourth-order valence-electron chi connectivity index (χ4n) is 6.80. The van der Waals surface area contributed by atoms with Crippen molar-refractivity contribution in [3.63, 3.8) is 0 Å². The zero-order valence-electron chi connectivity index (χ0n) is 22.8. The molecular weight excluding hydrogens is 520 g/mol. The molecule has 3 aromatic rings. The third-order valence-corrected chi connectivity index (χ3v) is 8.84. The molecule has 1 saturated heterocycles. The molecular formula is C30H32N8O3. The Bertz CT molecular complexity index is 1540. The number of aromatic amines is 1. The Kier molecular flexibility index (Phi) is 6.58. The van der Waals surface area contributed by atoms with Crippen LogP contribution < -0.4 is 16.8 Å². The number of hydrogen-bond donors (Lipinski definition) is 4. The highest BCUT2D eigenvalue weighted by molar-refractivity contribution is 5.94.